The molecular formula is C8H7BrClF. The van der Waals surface area contributed by atoms with E-state index in [1.807, 2.05) is 6.92 Å². The number of hydrogen-bond donors (Lipinski definition) is 0. The quantitative estimate of drug-likeness (QED) is 0.654. The highest BCUT2D eigenvalue weighted by Gasteiger charge is 2.05. The molecule has 0 N–H and O–H groups in total. The summed E-state index contributed by atoms with van der Waals surface area (Å²) >= 11 is 8.62. The van der Waals surface area contributed by atoms with Crippen molar-refractivity contribution in [3.63, 3.8) is 0 Å². The predicted octanol–water partition coefficient (Wildman–Crippen LogP) is 3.64. The molecule has 0 aromatic heterocycles. The number of rotatable bonds is 1. The summed E-state index contributed by atoms with van der Waals surface area (Å²) in [7, 11) is 0. The fraction of sp³-hybridized carbons (Fsp3) is 0.250. The SMILES string of the molecule is Cc1cc(Br)c(F)c(CCl)c1. The number of hydrogen-bond acceptors (Lipinski definition) is 0. The van der Waals surface area contributed by atoms with Crippen LogP contribution in [0.5, 0.6) is 0 Å². The van der Waals surface area contributed by atoms with Gasteiger partial charge in [-0.15, -0.1) is 11.6 Å². The van der Waals surface area contributed by atoms with E-state index >= 15 is 0 Å². The Balaban J connectivity index is 3.24. The lowest BCUT2D eigenvalue weighted by Gasteiger charge is -2.02. The van der Waals surface area contributed by atoms with Crippen LogP contribution >= 0.6 is 27.5 Å². The Morgan fingerprint density at radius 3 is 2.73 bits per heavy atom. The van der Waals surface area contributed by atoms with E-state index in [-0.39, 0.29) is 11.7 Å². The smallest absolute Gasteiger partial charge is 0.141 e. The van der Waals surface area contributed by atoms with E-state index < -0.39 is 0 Å². The van der Waals surface area contributed by atoms with Gasteiger partial charge in [-0.3, -0.25) is 0 Å². The standard InChI is InChI=1S/C8H7BrClF/c1-5-2-6(4-10)8(11)7(9)3-5/h2-3H,4H2,1H3. The largest absolute Gasteiger partial charge is 0.205 e. The van der Waals surface area contributed by atoms with E-state index in [9.17, 15) is 4.39 Å². The molecule has 0 nitrogen and oxygen atoms in total. The van der Waals surface area contributed by atoms with Crippen LogP contribution in [0.1, 0.15) is 11.1 Å². The van der Waals surface area contributed by atoms with Crippen molar-refractivity contribution in [1.29, 1.82) is 0 Å². The van der Waals surface area contributed by atoms with E-state index in [4.69, 9.17) is 11.6 Å². The number of benzene rings is 1. The maximum absolute atomic E-state index is 13.1. The molecule has 0 saturated carbocycles. The molecule has 0 fully saturated rings. The summed E-state index contributed by atoms with van der Waals surface area (Å²) in [5.41, 5.74) is 1.55. The summed E-state index contributed by atoms with van der Waals surface area (Å²) in [6.07, 6.45) is 0. The summed E-state index contributed by atoms with van der Waals surface area (Å²) in [6, 6.07) is 3.47. The van der Waals surface area contributed by atoms with Gasteiger partial charge in [-0.2, -0.15) is 0 Å². The van der Waals surface area contributed by atoms with Crippen molar-refractivity contribution in [2.45, 2.75) is 12.8 Å². The summed E-state index contributed by atoms with van der Waals surface area (Å²) in [5.74, 6) is -0.0443. The van der Waals surface area contributed by atoms with Crippen LogP contribution in [0.3, 0.4) is 0 Å². The lowest BCUT2D eigenvalue weighted by atomic mass is 10.1. The molecule has 0 unspecified atom stereocenters. The molecule has 3 heteroatoms. The van der Waals surface area contributed by atoms with Gasteiger partial charge in [0.25, 0.3) is 0 Å². The van der Waals surface area contributed by atoms with Crippen LogP contribution < -0.4 is 0 Å². The van der Waals surface area contributed by atoms with Crippen LogP contribution in [-0.2, 0) is 5.88 Å². The molecule has 0 saturated heterocycles. The Morgan fingerprint density at radius 1 is 1.55 bits per heavy atom. The maximum atomic E-state index is 13.1. The molecule has 0 bridgehead atoms. The molecule has 0 aliphatic rings. The first-order valence-corrected chi connectivity index (χ1v) is 4.48. The van der Waals surface area contributed by atoms with Crippen LogP contribution in [0.4, 0.5) is 4.39 Å². The number of halogens is 3. The minimum Gasteiger partial charge on any atom is -0.205 e. The molecular weight excluding hydrogens is 230 g/mol. The van der Waals surface area contributed by atoms with Gasteiger partial charge in [-0.05, 0) is 34.5 Å². The lowest BCUT2D eigenvalue weighted by molar-refractivity contribution is 0.609. The van der Waals surface area contributed by atoms with Gasteiger partial charge in [0.15, 0.2) is 0 Å². The van der Waals surface area contributed by atoms with Crippen LogP contribution in [0.15, 0.2) is 16.6 Å². The average Bonchev–Trinajstić information content (AvgIpc) is 1.96. The van der Waals surface area contributed by atoms with Gasteiger partial charge in [0.1, 0.15) is 5.82 Å². The fourth-order valence-electron chi connectivity index (χ4n) is 0.894. The Labute approximate surface area is 78.5 Å². The van der Waals surface area contributed by atoms with E-state index in [1.165, 1.54) is 0 Å². The number of alkyl halides is 1. The fourth-order valence-corrected chi connectivity index (χ4v) is 1.70. The van der Waals surface area contributed by atoms with Crippen molar-refractivity contribution in [3.8, 4) is 0 Å². The van der Waals surface area contributed by atoms with E-state index in [0.717, 1.165) is 5.56 Å². The molecule has 0 spiro atoms. The van der Waals surface area contributed by atoms with E-state index in [2.05, 4.69) is 15.9 Å². The third kappa shape index (κ3) is 1.94. The van der Waals surface area contributed by atoms with Gasteiger partial charge in [-0.25, -0.2) is 4.39 Å². The second-order valence-electron chi connectivity index (χ2n) is 2.35. The van der Waals surface area contributed by atoms with Crippen molar-refractivity contribution in [2.24, 2.45) is 0 Å². The van der Waals surface area contributed by atoms with E-state index in [1.54, 1.807) is 12.1 Å². The predicted molar refractivity (Wildman–Crippen MR) is 48.4 cm³/mol. The summed E-state index contributed by atoms with van der Waals surface area (Å²) in [5, 5.41) is 0. The van der Waals surface area contributed by atoms with Gasteiger partial charge in [0.05, 0.1) is 10.4 Å². The van der Waals surface area contributed by atoms with Gasteiger partial charge in [-0.1, -0.05) is 6.07 Å². The molecule has 1 rings (SSSR count). The Morgan fingerprint density at radius 2 is 2.18 bits per heavy atom. The molecule has 0 amide bonds. The van der Waals surface area contributed by atoms with Gasteiger partial charge in [0, 0.05) is 5.56 Å². The first kappa shape index (κ1) is 9.01. The summed E-state index contributed by atoms with van der Waals surface area (Å²) in [4.78, 5) is 0. The first-order chi connectivity index (χ1) is 5.15. The number of aryl methyl sites for hydroxylation is 1. The maximum Gasteiger partial charge on any atom is 0.141 e. The minimum absolute atomic E-state index is 0.214. The van der Waals surface area contributed by atoms with Crippen molar-refractivity contribution in [2.75, 3.05) is 0 Å². The molecule has 0 aliphatic carbocycles. The van der Waals surface area contributed by atoms with Gasteiger partial charge in [0.2, 0.25) is 0 Å². The summed E-state index contributed by atoms with van der Waals surface area (Å²) in [6.45, 7) is 1.90. The molecule has 0 atom stereocenters. The highest BCUT2D eigenvalue weighted by atomic mass is 79.9. The molecule has 11 heavy (non-hydrogen) atoms. The van der Waals surface area contributed by atoms with Crippen LogP contribution in [0, 0.1) is 12.7 Å². The zero-order chi connectivity index (χ0) is 8.43. The molecule has 0 radical (unpaired) electrons. The lowest BCUT2D eigenvalue weighted by Crippen LogP contribution is -1.88. The van der Waals surface area contributed by atoms with Gasteiger partial charge >= 0.3 is 0 Å². The Hall–Kier alpha value is -0.0800. The molecule has 1 aromatic carbocycles. The first-order valence-electron chi connectivity index (χ1n) is 3.15. The molecule has 0 heterocycles. The third-order valence-electron chi connectivity index (χ3n) is 1.39. The van der Waals surface area contributed by atoms with Crippen LogP contribution in [0.25, 0.3) is 0 Å². The van der Waals surface area contributed by atoms with Crippen molar-refractivity contribution >= 4 is 27.5 Å². The van der Waals surface area contributed by atoms with Gasteiger partial charge < -0.3 is 0 Å². The second-order valence-corrected chi connectivity index (χ2v) is 3.48. The highest BCUT2D eigenvalue weighted by molar-refractivity contribution is 9.10. The van der Waals surface area contributed by atoms with Crippen LogP contribution in [-0.4, -0.2) is 0 Å². The second kappa shape index (κ2) is 3.55. The minimum atomic E-state index is -0.259. The average molecular weight is 237 g/mol. The van der Waals surface area contributed by atoms with E-state index in [0.29, 0.717) is 10.0 Å². The molecule has 60 valence electrons. The topological polar surface area (TPSA) is 0 Å². The normalized spacial score (nSPS) is 10.2. The van der Waals surface area contributed by atoms with Crippen molar-refractivity contribution in [1.82, 2.24) is 0 Å². The summed E-state index contributed by atoms with van der Waals surface area (Å²) < 4.78 is 13.5. The zero-order valence-electron chi connectivity index (χ0n) is 6.00. The Bertz CT molecular complexity index is 273. The third-order valence-corrected chi connectivity index (χ3v) is 2.26. The van der Waals surface area contributed by atoms with Crippen molar-refractivity contribution < 1.29 is 4.39 Å². The molecule has 1 aromatic rings. The molecule has 0 aliphatic heterocycles. The van der Waals surface area contributed by atoms with Crippen molar-refractivity contribution in [3.05, 3.63) is 33.5 Å². The highest BCUT2D eigenvalue weighted by Crippen LogP contribution is 2.22. The van der Waals surface area contributed by atoms with Crippen LogP contribution in [0.2, 0.25) is 0 Å². The Kier molecular flexibility index (Phi) is 2.90. The monoisotopic (exact) mass is 236 g/mol. The zero-order valence-corrected chi connectivity index (χ0v) is 8.34.